The van der Waals surface area contributed by atoms with Gasteiger partial charge in [-0.2, -0.15) is 5.10 Å². The van der Waals surface area contributed by atoms with Crippen molar-refractivity contribution in [3.05, 3.63) is 52.8 Å². The third kappa shape index (κ3) is 3.64. The molecule has 0 saturated heterocycles. The highest BCUT2D eigenvalue weighted by Gasteiger charge is 2.28. The Balaban J connectivity index is 2.39. The number of halogens is 1. The summed E-state index contributed by atoms with van der Waals surface area (Å²) >= 11 is 6.33. The van der Waals surface area contributed by atoms with Crippen LogP contribution < -0.4 is 5.32 Å². The molecule has 21 heavy (non-hydrogen) atoms. The Morgan fingerprint density at radius 3 is 2.57 bits per heavy atom. The van der Waals surface area contributed by atoms with Crippen LogP contribution in [-0.4, -0.2) is 23.4 Å². The van der Waals surface area contributed by atoms with E-state index in [1.807, 2.05) is 29.9 Å². The van der Waals surface area contributed by atoms with E-state index >= 15 is 0 Å². The summed E-state index contributed by atoms with van der Waals surface area (Å²) in [5, 5.41) is 8.43. The van der Waals surface area contributed by atoms with Crippen LogP contribution in [-0.2, 0) is 11.8 Å². The first-order chi connectivity index (χ1) is 10.2. The summed E-state index contributed by atoms with van der Waals surface area (Å²) in [5.74, 6) is 0. The molecule has 0 aliphatic rings. The van der Waals surface area contributed by atoms with Crippen molar-refractivity contribution in [3.63, 3.8) is 0 Å². The van der Waals surface area contributed by atoms with Crippen molar-refractivity contribution in [1.29, 1.82) is 0 Å². The number of rotatable bonds is 7. The van der Waals surface area contributed by atoms with Gasteiger partial charge in [0.25, 0.3) is 0 Å². The van der Waals surface area contributed by atoms with Crippen molar-refractivity contribution < 1.29 is 4.74 Å². The molecule has 1 heterocycles. The second-order valence-electron chi connectivity index (χ2n) is 5.00. The molecular weight excluding hydrogens is 286 g/mol. The topological polar surface area (TPSA) is 39.1 Å². The van der Waals surface area contributed by atoms with Gasteiger partial charge in [-0.15, -0.1) is 0 Å². The summed E-state index contributed by atoms with van der Waals surface area (Å²) in [6.07, 6.45) is 2.59. The van der Waals surface area contributed by atoms with Crippen molar-refractivity contribution >= 4 is 11.6 Å². The highest BCUT2D eigenvalue weighted by atomic mass is 35.5. The lowest BCUT2D eigenvalue weighted by atomic mass is 9.99. The molecule has 0 fully saturated rings. The molecular formula is C16H22ClN3O. The van der Waals surface area contributed by atoms with Crippen LogP contribution in [0.25, 0.3) is 0 Å². The average molecular weight is 308 g/mol. The van der Waals surface area contributed by atoms with Gasteiger partial charge in [0.05, 0.1) is 23.0 Å². The number of nitrogens with zero attached hydrogens (tertiary/aromatic N) is 2. The maximum atomic E-state index is 6.33. The van der Waals surface area contributed by atoms with Crippen molar-refractivity contribution in [3.8, 4) is 0 Å². The van der Waals surface area contributed by atoms with Crippen LogP contribution in [0.5, 0.6) is 0 Å². The van der Waals surface area contributed by atoms with Crippen LogP contribution in [0.2, 0.25) is 5.02 Å². The van der Waals surface area contributed by atoms with Gasteiger partial charge in [-0.3, -0.25) is 4.68 Å². The molecule has 0 aliphatic heterocycles. The van der Waals surface area contributed by atoms with Crippen LogP contribution in [0.1, 0.15) is 36.7 Å². The third-order valence-electron chi connectivity index (χ3n) is 3.53. The molecule has 0 aliphatic carbocycles. The predicted molar refractivity (Wildman–Crippen MR) is 85.4 cm³/mol. The second kappa shape index (κ2) is 7.59. The summed E-state index contributed by atoms with van der Waals surface area (Å²) in [7, 11) is 3.63. The van der Waals surface area contributed by atoms with Crippen LogP contribution in [0.4, 0.5) is 0 Å². The predicted octanol–water partition coefficient (Wildman–Crippen LogP) is 3.50. The summed E-state index contributed by atoms with van der Waals surface area (Å²) < 4.78 is 7.58. The molecule has 114 valence electrons. The van der Waals surface area contributed by atoms with E-state index in [4.69, 9.17) is 16.3 Å². The molecule has 2 atom stereocenters. The molecule has 2 aromatic rings. The van der Waals surface area contributed by atoms with E-state index in [2.05, 4.69) is 29.5 Å². The van der Waals surface area contributed by atoms with Crippen LogP contribution in [0.15, 0.2) is 36.5 Å². The molecule has 1 N–H and O–H groups in total. The van der Waals surface area contributed by atoms with Gasteiger partial charge < -0.3 is 10.1 Å². The van der Waals surface area contributed by atoms with E-state index in [1.165, 1.54) is 0 Å². The fourth-order valence-corrected chi connectivity index (χ4v) is 2.81. The maximum absolute atomic E-state index is 6.33. The summed E-state index contributed by atoms with van der Waals surface area (Å²) in [6, 6.07) is 10.1. The van der Waals surface area contributed by atoms with Gasteiger partial charge in [0.15, 0.2) is 0 Å². The number of ether oxygens (including phenoxy) is 1. The Morgan fingerprint density at radius 2 is 2.05 bits per heavy atom. The van der Waals surface area contributed by atoms with Gasteiger partial charge in [0, 0.05) is 14.2 Å². The SMILES string of the molecule is CCCNC(c1c(Cl)cnn1C)C(OC)c1ccccc1. The zero-order valence-electron chi connectivity index (χ0n) is 12.7. The van der Waals surface area contributed by atoms with Crippen LogP contribution in [0.3, 0.4) is 0 Å². The fourth-order valence-electron chi connectivity index (χ4n) is 2.52. The Kier molecular flexibility index (Phi) is 5.79. The molecule has 0 bridgehead atoms. The lowest BCUT2D eigenvalue weighted by Gasteiger charge is -2.28. The summed E-state index contributed by atoms with van der Waals surface area (Å²) in [5.41, 5.74) is 2.06. The van der Waals surface area contributed by atoms with Crippen molar-refractivity contribution in [2.75, 3.05) is 13.7 Å². The normalized spacial score (nSPS) is 14.1. The van der Waals surface area contributed by atoms with Gasteiger partial charge in [-0.1, -0.05) is 48.9 Å². The minimum absolute atomic E-state index is 0.0441. The number of benzene rings is 1. The minimum Gasteiger partial charge on any atom is -0.375 e. The molecule has 4 nitrogen and oxygen atoms in total. The first-order valence-corrected chi connectivity index (χ1v) is 7.55. The first-order valence-electron chi connectivity index (χ1n) is 7.17. The molecule has 0 radical (unpaired) electrons. The van der Waals surface area contributed by atoms with Gasteiger partial charge in [0.1, 0.15) is 6.10 Å². The van der Waals surface area contributed by atoms with E-state index in [1.54, 1.807) is 13.3 Å². The van der Waals surface area contributed by atoms with Gasteiger partial charge in [-0.05, 0) is 18.5 Å². The summed E-state index contributed by atoms with van der Waals surface area (Å²) in [4.78, 5) is 0. The van der Waals surface area contributed by atoms with Crippen molar-refractivity contribution in [2.45, 2.75) is 25.5 Å². The molecule has 0 spiro atoms. The minimum atomic E-state index is -0.120. The number of aryl methyl sites for hydroxylation is 1. The number of hydrogen-bond acceptors (Lipinski definition) is 3. The first kappa shape index (κ1) is 16.0. The zero-order valence-corrected chi connectivity index (χ0v) is 13.5. The standard InChI is InChI=1S/C16H22ClN3O/c1-4-10-18-14(15-13(17)11-19-20(15)2)16(21-3)12-8-6-5-7-9-12/h5-9,11,14,16,18H,4,10H2,1-3H3. The highest BCUT2D eigenvalue weighted by molar-refractivity contribution is 6.31. The van der Waals surface area contributed by atoms with Gasteiger partial charge >= 0.3 is 0 Å². The Hall–Kier alpha value is -1.36. The van der Waals surface area contributed by atoms with Crippen molar-refractivity contribution in [1.82, 2.24) is 15.1 Å². The number of aromatic nitrogens is 2. The van der Waals surface area contributed by atoms with Gasteiger partial charge in [0.2, 0.25) is 0 Å². The molecule has 2 unspecified atom stereocenters. The third-order valence-corrected chi connectivity index (χ3v) is 3.82. The lowest BCUT2D eigenvalue weighted by Crippen LogP contribution is -2.30. The van der Waals surface area contributed by atoms with Crippen molar-refractivity contribution in [2.24, 2.45) is 7.05 Å². The average Bonchev–Trinajstić information content (AvgIpc) is 2.84. The summed E-state index contributed by atoms with van der Waals surface area (Å²) in [6.45, 7) is 3.03. The van der Waals surface area contributed by atoms with E-state index < -0.39 is 0 Å². The highest BCUT2D eigenvalue weighted by Crippen LogP contribution is 2.34. The quantitative estimate of drug-likeness (QED) is 0.851. The zero-order chi connectivity index (χ0) is 15.2. The molecule has 2 rings (SSSR count). The number of hydrogen-bond donors (Lipinski definition) is 1. The molecule has 0 amide bonds. The van der Waals surface area contributed by atoms with E-state index in [0.29, 0.717) is 5.02 Å². The molecule has 1 aromatic carbocycles. The fraction of sp³-hybridized carbons (Fsp3) is 0.438. The second-order valence-corrected chi connectivity index (χ2v) is 5.41. The number of methoxy groups -OCH3 is 1. The Labute approximate surface area is 131 Å². The monoisotopic (exact) mass is 307 g/mol. The lowest BCUT2D eigenvalue weighted by molar-refractivity contribution is 0.0650. The Bertz CT molecular complexity index is 536. The van der Waals surface area contributed by atoms with Crippen LogP contribution >= 0.6 is 11.6 Å². The Morgan fingerprint density at radius 1 is 1.33 bits per heavy atom. The van der Waals surface area contributed by atoms with E-state index in [0.717, 1.165) is 24.2 Å². The smallest absolute Gasteiger partial charge is 0.103 e. The molecule has 0 saturated carbocycles. The molecule has 1 aromatic heterocycles. The largest absolute Gasteiger partial charge is 0.375 e. The number of nitrogens with one attached hydrogen (secondary N) is 1. The van der Waals surface area contributed by atoms with E-state index in [9.17, 15) is 0 Å². The maximum Gasteiger partial charge on any atom is 0.103 e. The van der Waals surface area contributed by atoms with Crippen LogP contribution in [0, 0.1) is 0 Å². The van der Waals surface area contributed by atoms with Gasteiger partial charge in [-0.25, -0.2) is 0 Å². The molecule has 5 heteroatoms. The van der Waals surface area contributed by atoms with E-state index in [-0.39, 0.29) is 12.1 Å².